The molecule has 0 unspecified atom stereocenters. The normalized spacial score (nSPS) is 15.5. The number of nitrogens with two attached hydrogens (primary N) is 1. The Balaban J connectivity index is 1.47. The lowest BCUT2D eigenvalue weighted by Crippen LogP contribution is -2.46. The third-order valence-electron chi connectivity index (χ3n) is 5.13. The number of nitrogens with zero attached hydrogens (tertiary/aromatic N) is 2. The average Bonchev–Trinajstić information content (AvgIpc) is 2.67. The maximum Gasteiger partial charge on any atom is 0.253 e. The standard InChI is InChI=1S/C21H27N3O/c1-23(14-11-17-5-3-2-4-6-17)20-12-15-24(16-13-20)21(25)18-7-9-19(22)10-8-18/h2-10,20H,11-16,22H2,1H3. The topological polar surface area (TPSA) is 49.6 Å². The molecule has 1 heterocycles. The number of amides is 1. The van der Waals surface area contributed by atoms with Gasteiger partial charge in [0.25, 0.3) is 5.91 Å². The molecule has 0 aromatic heterocycles. The molecule has 0 spiro atoms. The molecule has 0 bridgehead atoms. The third-order valence-corrected chi connectivity index (χ3v) is 5.13. The Hall–Kier alpha value is -2.33. The molecule has 0 aliphatic carbocycles. The average molecular weight is 337 g/mol. The number of hydrogen-bond acceptors (Lipinski definition) is 3. The van der Waals surface area contributed by atoms with E-state index < -0.39 is 0 Å². The zero-order chi connectivity index (χ0) is 17.6. The first-order valence-electron chi connectivity index (χ1n) is 9.02. The van der Waals surface area contributed by atoms with Crippen LogP contribution in [0.4, 0.5) is 5.69 Å². The van der Waals surface area contributed by atoms with Crippen molar-refractivity contribution in [2.45, 2.75) is 25.3 Å². The van der Waals surface area contributed by atoms with Crippen LogP contribution in [0.2, 0.25) is 0 Å². The lowest BCUT2D eigenvalue weighted by Gasteiger charge is -2.37. The van der Waals surface area contributed by atoms with Gasteiger partial charge in [-0.15, -0.1) is 0 Å². The Morgan fingerprint density at radius 3 is 2.36 bits per heavy atom. The number of anilines is 1. The van der Waals surface area contributed by atoms with Gasteiger partial charge in [-0.05, 0) is 56.1 Å². The molecule has 2 aromatic rings. The number of piperidine rings is 1. The van der Waals surface area contributed by atoms with Gasteiger partial charge in [-0.2, -0.15) is 0 Å². The van der Waals surface area contributed by atoms with Crippen LogP contribution in [-0.2, 0) is 6.42 Å². The van der Waals surface area contributed by atoms with Gasteiger partial charge in [0.05, 0.1) is 0 Å². The van der Waals surface area contributed by atoms with Gasteiger partial charge < -0.3 is 15.5 Å². The van der Waals surface area contributed by atoms with Crippen LogP contribution < -0.4 is 5.73 Å². The lowest BCUT2D eigenvalue weighted by molar-refractivity contribution is 0.0647. The second kappa shape index (κ2) is 8.17. The van der Waals surface area contributed by atoms with Crippen molar-refractivity contribution in [3.8, 4) is 0 Å². The van der Waals surface area contributed by atoms with Crippen molar-refractivity contribution in [1.29, 1.82) is 0 Å². The summed E-state index contributed by atoms with van der Waals surface area (Å²) in [6.07, 6.45) is 3.14. The van der Waals surface area contributed by atoms with Crippen molar-refractivity contribution < 1.29 is 4.79 Å². The summed E-state index contributed by atoms with van der Waals surface area (Å²) in [5.74, 6) is 0.116. The fraction of sp³-hybridized carbons (Fsp3) is 0.381. The van der Waals surface area contributed by atoms with E-state index in [-0.39, 0.29) is 5.91 Å². The Labute approximate surface area is 150 Å². The van der Waals surface area contributed by atoms with Crippen molar-refractivity contribution in [2.24, 2.45) is 0 Å². The second-order valence-electron chi connectivity index (χ2n) is 6.86. The highest BCUT2D eigenvalue weighted by Gasteiger charge is 2.25. The Bertz CT molecular complexity index is 676. The zero-order valence-corrected chi connectivity index (χ0v) is 14.9. The summed E-state index contributed by atoms with van der Waals surface area (Å²) in [5.41, 5.74) is 8.49. The third kappa shape index (κ3) is 4.60. The monoisotopic (exact) mass is 337 g/mol. The van der Waals surface area contributed by atoms with Crippen LogP contribution in [-0.4, -0.2) is 48.4 Å². The van der Waals surface area contributed by atoms with Gasteiger partial charge in [0.1, 0.15) is 0 Å². The van der Waals surface area contributed by atoms with Crippen LogP contribution in [0.5, 0.6) is 0 Å². The molecule has 0 radical (unpaired) electrons. The first-order valence-corrected chi connectivity index (χ1v) is 9.02. The summed E-state index contributed by atoms with van der Waals surface area (Å²) in [6, 6.07) is 18.4. The Morgan fingerprint density at radius 1 is 1.08 bits per heavy atom. The van der Waals surface area contributed by atoms with Crippen molar-refractivity contribution in [1.82, 2.24) is 9.80 Å². The van der Waals surface area contributed by atoms with E-state index in [2.05, 4.69) is 42.3 Å². The molecule has 1 aliphatic rings. The van der Waals surface area contributed by atoms with Crippen molar-refractivity contribution in [3.63, 3.8) is 0 Å². The quantitative estimate of drug-likeness (QED) is 0.853. The van der Waals surface area contributed by atoms with Gasteiger partial charge in [-0.1, -0.05) is 30.3 Å². The molecule has 1 saturated heterocycles. The predicted octanol–water partition coefficient (Wildman–Crippen LogP) is 3.05. The van der Waals surface area contributed by atoms with Crippen LogP contribution in [0.15, 0.2) is 54.6 Å². The van der Waals surface area contributed by atoms with E-state index in [0.29, 0.717) is 11.7 Å². The van der Waals surface area contributed by atoms with Gasteiger partial charge in [0, 0.05) is 36.9 Å². The van der Waals surface area contributed by atoms with E-state index in [1.807, 2.05) is 17.0 Å². The number of likely N-dealkylation sites (N-methyl/N-ethyl adjacent to an activating group) is 1. The highest BCUT2D eigenvalue weighted by molar-refractivity contribution is 5.94. The predicted molar refractivity (Wildman–Crippen MR) is 103 cm³/mol. The van der Waals surface area contributed by atoms with Gasteiger partial charge >= 0.3 is 0 Å². The molecule has 3 rings (SSSR count). The van der Waals surface area contributed by atoms with Crippen LogP contribution in [0, 0.1) is 0 Å². The summed E-state index contributed by atoms with van der Waals surface area (Å²) in [5, 5.41) is 0. The number of carbonyl (C=O) groups is 1. The summed E-state index contributed by atoms with van der Waals surface area (Å²) in [4.78, 5) is 17.0. The van der Waals surface area contributed by atoms with Crippen molar-refractivity contribution in [2.75, 3.05) is 32.4 Å². The van der Waals surface area contributed by atoms with Crippen molar-refractivity contribution >= 4 is 11.6 Å². The zero-order valence-electron chi connectivity index (χ0n) is 14.9. The molecule has 25 heavy (non-hydrogen) atoms. The molecule has 4 nitrogen and oxygen atoms in total. The summed E-state index contributed by atoms with van der Waals surface area (Å²) < 4.78 is 0. The first-order chi connectivity index (χ1) is 12.1. The number of rotatable bonds is 5. The smallest absolute Gasteiger partial charge is 0.253 e. The molecule has 132 valence electrons. The van der Waals surface area contributed by atoms with Gasteiger partial charge in [-0.25, -0.2) is 0 Å². The van der Waals surface area contributed by atoms with E-state index in [1.54, 1.807) is 12.1 Å². The minimum Gasteiger partial charge on any atom is -0.399 e. The highest BCUT2D eigenvalue weighted by atomic mass is 16.2. The van der Waals surface area contributed by atoms with Crippen LogP contribution in [0.1, 0.15) is 28.8 Å². The number of hydrogen-bond donors (Lipinski definition) is 1. The fourth-order valence-electron chi connectivity index (χ4n) is 3.45. The number of likely N-dealkylation sites (tertiary alicyclic amines) is 1. The van der Waals surface area contributed by atoms with E-state index in [9.17, 15) is 4.79 Å². The molecule has 1 fully saturated rings. The molecule has 1 aliphatic heterocycles. The maximum atomic E-state index is 12.6. The van der Waals surface area contributed by atoms with Crippen LogP contribution in [0.25, 0.3) is 0 Å². The summed E-state index contributed by atoms with van der Waals surface area (Å²) >= 11 is 0. The van der Waals surface area contributed by atoms with Crippen molar-refractivity contribution in [3.05, 3.63) is 65.7 Å². The highest BCUT2D eigenvalue weighted by Crippen LogP contribution is 2.18. The minimum absolute atomic E-state index is 0.116. The summed E-state index contributed by atoms with van der Waals surface area (Å²) in [7, 11) is 2.20. The minimum atomic E-state index is 0.116. The molecule has 2 aromatic carbocycles. The molecule has 4 heteroatoms. The lowest BCUT2D eigenvalue weighted by atomic mass is 10.0. The first kappa shape index (κ1) is 17.5. The molecule has 0 atom stereocenters. The van der Waals surface area contributed by atoms with E-state index >= 15 is 0 Å². The summed E-state index contributed by atoms with van der Waals surface area (Å²) in [6.45, 7) is 2.70. The molecular formula is C21H27N3O. The molecule has 1 amide bonds. The van der Waals surface area contributed by atoms with Gasteiger partial charge in [0.2, 0.25) is 0 Å². The Kier molecular flexibility index (Phi) is 5.71. The van der Waals surface area contributed by atoms with Crippen LogP contribution >= 0.6 is 0 Å². The van der Waals surface area contributed by atoms with E-state index in [0.717, 1.165) is 44.5 Å². The maximum absolute atomic E-state index is 12.6. The SMILES string of the molecule is CN(CCc1ccccc1)C1CCN(C(=O)c2ccc(N)cc2)CC1. The fourth-order valence-corrected chi connectivity index (χ4v) is 3.45. The number of benzene rings is 2. The Morgan fingerprint density at radius 2 is 1.72 bits per heavy atom. The van der Waals surface area contributed by atoms with Gasteiger partial charge in [-0.3, -0.25) is 4.79 Å². The molecular weight excluding hydrogens is 310 g/mol. The van der Waals surface area contributed by atoms with E-state index in [1.165, 1.54) is 5.56 Å². The number of nitrogen functional groups attached to an aromatic ring is 1. The largest absolute Gasteiger partial charge is 0.399 e. The van der Waals surface area contributed by atoms with E-state index in [4.69, 9.17) is 5.73 Å². The molecule has 2 N–H and O–H groups in total. The second-order valence-corrected chi connectivity index (χ2v) is 6.86. The van der Waals surface area contributed by atoms with Crippen LogP contribution in [0.3, 0.4) is 0 Å². The van der Waals surface area contributed by atoms with Gasteiger partial charge in [0.15, 0.2) is 0 Å². The molecule has 0 saturated carbocycles. The number of carbonyl (C=O) groups excluding carboxylic acids is 1.